The molecule has 0 fully saturated rings. The van der Waals surface area contributed by atoms with E-state index in [1.807, 2.05) is 41.7 Å². The molecular formula is C22H25N7O2S2. The summed E-state index contributed by atoms with van der Waals surface area (Å²) >= 11 is 1.84. The zero-order valence-corrected chi connectivity index (χ0v) is 19.9. The molecule has 0 radical (unpaired) electrons. The third-order valence-electron chi connectivity index (χ3n) is 5.01. The SMILES string of the molecule is CSCCCn1ncc2cc(Nc3nc(Nc4cccc(S(N)(=O)=O)c4)ncc3C)ccc21. The van der Waals surface area contributed by atoms with E-state index in [9.17, 15) is 8.42 Å². The lowest BCUT2D eigenvalue weighted by Gasteiger charge is -2.12. The number of thioether (sulfide) groups is 1. The number of anilines is 4. The van der Waals surface area contributed by atoms with Crippen LogP contribution in [0.5, 0.6) is 0 Å². The van der Waals surface area contributed by atoms with Crippen LogP contribution in [0.3, 0.4) is 0 Å². The number of sulfonamides is 1. The third kappa shape index (κ3) is 5.62. The van der Waals surface area contributed by atoms with Crippen LogP contribution in [0.15, 0.2) is 59.8 Å². The second-order valence-electron chi connectivity index (χ2n) is 7.54. The first-order valence-corrected chi connectivity index (χ1v) is 13.2. The first-order valence-electron chi connectivity index (χ1n) is 10.3. The fraction of sp³-hybridized carbons (Fsp3) is 0.227. The number of fused-ring (bicyclic) bond motifs is 1. The topological polar surface area (TPSA) is 128 Å². The first kappa shape index (κ1) is 23.0. The number of primary sulfonamides is 1. The molecule has 172 valence electrons. The van der Waals surface area contributed by atoms with Crippen LogP contribution in [-0.4, -0.2) is 40.2 Å². The van der Waals surface area contributed by atoms with Crippen molar-refractivity contribution in [2.45, 2.75) is 24.8 Å². The summed E-state index contributed by atoms with van der Waals surface area (Å²) in [5.74, 6) is 2.08. The van der Waals surface area contributed by atoms with Gasteiger partial charge >= 0.3 is 0 Å². The second kappa shape index (κ2) is 9.77. The van der Waals surface area contributed by atoms with Gasteiger partial charge in [-0.05, 0) is 61.8 Å². The van der Waals surface area contributed by atoms with E-state index >= 15 is 0 Å². The van der Waals surface area contributed by atoms with E-state index in [2.05, 4.69) is 38.0 Å². The van der Waals surface area contributed by atoms with Crippen LogP contribution >= 0.6 is 11.8 Å². The van der Waals surface area contributed by atoms with Gasteiger partial charge < -0.3 is 10.6 Å². The van der Waals surface area contributed by atoms with Gasteiger partial charge in [0.15, 0.2) is 0 Å². The molecular weight excluding hydrogens is 458 g/mol. The molecule has 4 N–H and O–H groups in total. The van der Waals surface area contributed by atoms with Crippen molar-refractivity contribution >= 4 is 55.8 Å². The molecule has 0 bridgehead atoms. The number of aromatic nitrogens is 4. The minimum atomic E-state index is -3.80. The van der Waals surface area contributed by atoms with Crippen molar-refractivity contribution in [3.63, 3.8) is 0 Å². The summed E-state index contributed by atoms with van der Waals surface area (Å²) in [4.78, 5) is 8.87. The van der Waals surface area contributed by atoms with E-state index in [1.54, 1.807) is 18.3 Å². The van der Waals surface area contributed by atoms with Crippen LogP contribution < -0.4 is 15.8 Å². The monoisotopic (exact) mass is 483 g/mol. The molecule has 33 heavy (non-hydrogen) atoms. The molecule has 0 spiro atoms. The summed E-state index contributed by atoms with van der Waals surface area (Å²) in [6.45, 7) is 2.81. The fourth-order valence-electron chi connectivity index (χ4n) is 3.35. The highest BCUT2D eigenvalue weighted by Crippen LogP contribution is 2.25. The summed E-state index contributed by atoms with van der Waals surface area (Å²) in [6.07, 6.45) is 6.76. The van der Waals surface area contributed by atoms with Crippen LogP contribution in [-0.2, 0) is 16.6 Å². The molecule has 2 aromatic heterocycles. The van der Waals surface area contributed by atoms with Crippen molar-refractivity contribution in [3.05, 3.63) is 60.4 Å². The molecule has 0 saturated carbocycles. The van der Waals surface area contributed by atoms with Crippen LogP contribution in [0, 0.1) is 6.92 Å². The smallest absolute Gasteiger partial charge is 0.238 e. The number of nitrogens with one attached hydrogen (secondary N) is 2. The maximum absolute atomic E-state index is 11.6. The number of hydrogen-bond acceptors (Lipinski definition) is 8. The highest BCUT2D eigenvalue weighted by Gasteiger charge is 2.10. The molecule has 11 heteroatoms. The summed E-state index contributed by atoms with van der Waals surface area (Å²) in [6, 6.07) is 12.3. The van der Waals surface area contributed by atoms with E-state index in [0.717, 1.165) is 40.9 Å². The molecule has 2 heterocycles. The standard InChI is InChI=1S/C22H25N7O2S2/c1-15-13-24-22(27-17-5-3-6-19(12-17)33(23,30)31)28-21(15)26-18-7-8-20-16(11-18)14-25-29(20)9-4-10-32-2/h3,5-8,11-14H,4,9-10H2,1-2H3,(H2,23,30,31)(H2,24,26,27,28). The maximum Gasteiger partial charge on any atom is 0.238 e. The summed E-state index contributed by atoms with van der Waals surface area (Å²) in [5, 5.41) is 17.1. The quantitative estimate of drug-likeness (QED) is 0.305. The predicted molar refractivity (Wildman–Crippen MR) is 134 cm³/mol. The van der Waals surface area contributed by atoms with Gasteiger partial charge in [-0.15, -0.1) is 0 Å². The molecule has 4 rings (SSSR count). The lowest BCUT2D eigenvalue weighted by atomic mass is 10.2. The number of rotatable bonds is 9. The predicted octanol–water partition coefficient (Wildman–Crippen LogP) is 4.02. The van der Waals surface area contributed by atoms with Gasteiger partial charge in [-0.1, -0.05) is 6.07 Å². The van der Waals surface area contributed by atoms with Gasteiger partial charge in [0.25, 0.3) is 0 Å². The summed E-state index contributed by atoms with van der Waals surface area (Å²) in [5.41, 5.74) is 3.37. The third-order valence-corrected chi connectivity index (χ3v) is 6.62. The van der Waals surface area contributed by atoms with Crippen molar-refractivity contribution < 1.29 is 8.42 Å². The zero-order chi connectivity index (χ0) is 23.4. The molecule has 4 aromatic rings. The van der Waals surface area contributed by atoms with Crippen LogP contribution in [0.2, 0.25) is 0 Å². The molecule has 0 amide bonds. The molecule has 0 atom stereocenters. The van der Waals surface area contributed by atoms with Gasteiger partial charge in [-0.2, -0.15) is 21.8 Å². The van der Waals surface area contributed by atoms with E-state index in [4.69, 9.17) is 5.14 Å². The number of aryl methyl sites for hydroxylation is 2. The minimum Gasteiger partial charge on any atom is -0.340 e. The van der Waals surface area contributed by atoms with Gasteiger partial charge in [-0.25, -0.2) is 18.5 Å². The Bertz CT molecular complexity index is 1390. The average molecular weight is 484 g/mol. The molecule has 2 aromatic carbocycles. The summed E-state index contributed by atoms with van der Waals surface area (Å²) in [7, 11) is -3.80. The highest BCUT2D eigenvalue weighted by molar-refractivity contribution is 7.98. The lowest BCUT2D eigenvalue weighted by Crippen LogP contribution is -2.12. The number of hydrogen-bond donors (Lipinski definition) is 3. The Kier molecular flexibility index (Phi) is 6.82. The molecule has 0 saturated heterocycles. The minimum absolute atomic E-state index is 0.0141. The number of benzene rings is 2. The summed E-state index contributed by atoms with van der Waals surface area (Å²) < 4.78 is 25.2. The molecule has 0 aliphatic carbocycles. The Morgan fingerprint density at radius 1 is 1.09 bits per heavy atom. The fourth-order valence-corrected chi connectivity index (χ4v) is 4.32. The Labute approximate surface area is 196 Å². The number of nitrogens with zero attached hydrogens (tertiary/aromatic N) is 4. The van der Waals surface area contributed by atoms with Crippen molar-refractivity contribution in [2.24, 2.45) is 5.14 Å². The largest absolute Gasteiger partial charge is 0.340 e. The highest BCUT2D eigenvalue weighted by atomic mass is 32.2. The average Bonchev–Trinajstić information content (AvgIpc) is 3.18. The van der Waals surface area contributed by atoms with E-state index in [-0.39, 0.29) is 4.90 Å². The van der Waals surface area contributed by atoms with Crippen LogP contribution in [0.4, 0.5) is 23.1 Å². The van der Waals surface area contributed by atoms with Gasteiger partial charge in [0.1, 0.15) is 5.82 Å². The Morgan fingerprint density at radius 2 is 1.91 bits per heavy atom. The van der Waals surface area contributed by atoms with Crippen LogP contribution in [0.25, 0.3) is 10.9 Å². The second-order valence-corrected chi connectivity index (χ2v) is 10.1. The zero-order valence-electron chi connectivity index (χ0n) is 18.3. The van der Waals surface area contributed by atoms with Crippen LogP contribution in [0.1, 0.15) is 12.0 Å². The number of nitrogens with two attached hydrogens (primary N) is 1. The van der Waals surface area contributed by atoms with Gasteiger partial charge in [0.05, 0.1) is 16.6 Å². The Balaban J connectivity index is 1.53. The first-order chi connectivity index (χ1) is 15.8. The van der Waals surface area contributed by atoms with Gasteiger partial charge in [0.2, 0.25) is 16.0 Å². The van der Waals surface area contributed by atoms with Crippen molar-refractivity contribution in [1.29, 1.82) is 0 Å². The van der Waals surface area contributed by atoms with Gasteiger partial charge in [-0.3, -0.25) is 4.68 Å². The van der Waals surface area contributed by atoms with Crippen molar-refractivity contribution in [1.82, 2.24) is 19.7 Å². The van der Waals surface area contributed by atoms with Crippen molar-refractivity contribution in [2.75, 3.05) is 22.6 Å². The molecule has 0 unspecified atom stereocenters. The Hall–Kier alpha value is -3.15. The van der Waals surface area contributed by atoms with E-state index in [1.165, 1.54) is 12.1 Å². The molecule has 9 nitrogen and oxygen atoms in total. The Morgan fingerprint density at radius 3 is 2.70 bits per heavy atom. The van der Waals surface area contributed by atoms with Gasteiger partial charge in [0, 0.05) is 35.1 Å². The maximum atomic E-state index is 11.6. The normalized spacial score (nSPS) is 11.6. The lowest BCUT2D eigenvalue weighted by molar-refractivity contribution is 0.598. The van der Waals surface area contributed by atoms with E-state index < -0.39 is 10.0 Å². The molecule has 0 aliphatic rings. The van der Waals surface area contributed by atoms with Crippen molar-refractivity contribution in [3.8, 4) is 0 Å². The molecule has 0 aliphatic heterocycles. The van der Waals surface area contributed by atoms with E-state index in [0.29, 0.717) is 17.5 Å².